The Balaban J connectivity index is 2.39. The Kier molecular flexibility index (Phi) is 4.06. The van der Waals surface area contributed by atoms with Crippen molar-refractivity contribution in [2.75, 3.05) is 26.0 Å². The average molecular weight is 305 g/mol. The third kappa shape index (κ3) is 2.72. The van der Waals surface area contributed by atoms with E-state index in [1.54, 1.807) is 14.0 Å². The predicted octanol–water partition coefficient (Wildman–Crippen LogP) is 1.64. The van der Waals surface area contributed by atoms with Gasteiger partial charge in [-0.1, -0.05) is 11.6 Å². The number of nitrogens with zero attached hydrogens (tertiary/aromatic N) is 1. The van der Waals surface area contributed by atoms with Gasteiger partial charge in [-0.2, -0.15) is 4.31 Å². The van der Waals surface area contributed by atoms with Gasteiger partial charge in [-0.25, -0.2) is 8.42 Å². The lowest BCUT2D eigenvalue weighted by molar-refractivity contribution is 0.181. The van der Waals surface area contributed by atoms with E-state index in [1.165, 1.54) is 16.4 Å². The maximum absolute atomic E-state index is 12.5. The smallest absolute Gasteiger partial charge is 0.243 e. The molecule has 0 spiro atoms. The van der Waals surface area contributed by atoms with Crippen molar-refractivity contribution in [2.24, 2.45) is 0 Å². The van der Waals surface area contributed by atoms with Crippen LogP contribution in [0.15, 0.2) is 17.0 Å². The first-order chi connectivity index (χ1) is 8.84. The van der Waals surface area contributed by atoms with Crippen LogP contribution in [0.1, 0.15) is 12.0 Å². The molecule has 0 amide bonds. The average Bonchev–Trinajstić information content (AvgIpc) is 2.87. The molecule has 1 aromatic carbocycles. The number of anilines is 1. The van der Waals surface area contributed by atoms with E-state index in [4.69, 9.17) is 22.1 Å². The van der Waals surface area contributed by atoms with Gasteiger partial charge < -0.3 is 10.5 Å². The molecule has 0 bridgehead atoms. The Labute approximate surface area is 118 Å². The van der Waals surface area contributed by atoms with Crippen LogP contribution in [-0.4, -0.2) is 39.0 Å². The molecule has 0 saturated carbocycles. The molecule has 5 nitrogen and oxygen atoms in total. The maximum Gasteiger partial charge on any atom is 0.243 e. The summed E-state index contributed by atoms with van der Waals surface area (Å²) in [5, 5.41) is 0.356. The molecule has 1 fully saturated rings. The highest BCUT2D eigenvalue weighted by Crippen LogP contribution is 2.28. The number of ether oxygens (including phenoxy) is 1. The second-order valence-electron chi connectivity index (χ2n) is 4.66. The van der Waals surface area contributed by atoms with Gasteiger partial charge in [0.15, 0.2) is 0 Å². The van der Waals surface area contributed by atoms with Crippen molar-refractivity contribution in [2.45, 2.75) is 24.3 Å². The number of halogens is 1. The van der Waals surface area contributed by atoms with Gasteiger partial charge in [0.25, 0.3) is 0 Å². The quantitative estimate of drug-likeness (QED) is 0.862. The summed E-state index contributed by atoms with van der Waals surface area (Å²) in [6.07, 6.45) is 0.699. The van der Waals surface area contributed by atoms with E-state index >= 15 is 0 Å². The number of hydrogen-bond acceptors (Lipinski definition) is 4. The fourth-order valence-corrected chi connectivity index (χ4v) is 3.72. The lowest BCUT2D eigenvalue weighted by Crippen LogP contribution is -2.37. The minimum absolute atomic E-state index is 0.120. The summed E-state index contributed by atoms with van der Waals surface area (Å²) in [4.78, 5) is 0.120. The van der Waals surface area contributed by atoms with Crippen molar-refractivity contribution < 1.29 is 13.2 Å². The van der Waals surface area contributed by atoms with Crippen molar-refractivity contribution in [3.63, 3.8) is 0 Å². The molecule has 0 aromatic heterocycles. The van der Waals surface area contributed by atoms with Crippen molar-refractivity contribution in [1.29, 1.82) is 0 Å². The summed E-state index contributed by atoms with van der Waals surface area (Å²) < 4.78 is 31.5. The summed E-state index contributed by atoms with van der Waals surface area (Å²) in [6.45, 7) is 2.76. The number of hydrogen-bond donors (Lipinski definition) is 1. The Hall–Kier alpha value is -0.820. The van der Waals surface area contributed by atoms with Gasteiger partial charge in [-0.15, -0.1) is 0 Å². The minimum atomic E-state index is -3.60. The van der Waals surface area contributed by atoms with Crippen LogP contribution in [0.4, 0.5) is 5.69 Å². The molecule has 1 heterocycles. The Morgan fingerprint density at radius 1 is 1.47 bits per heavy atom. The van der Waals surface area contributed by atoms with Crippen LogP contribution in [0, 0.1) is 6.92 Å². The van der Waals surface area contributed by atoms with Gasteiger partial charge in [0.2, 0.25) is 10.0 Å². The second kappa shape index (κ2) is 5.28. The normalized spacial score (nSPS) is 20.1. The number of nitrogen functional groups attached to an aromatic ring is 1. The van der Waals surface area contributed by atoms with E-state index in [1.807, 2.05) is 0 Å². The molecule has 0 radical (unpaired) electrons. The van der Waals surface area contributed by atoms with Gasteiger partial charge in [-0.05, 0) is 31.0 Å². The van der Waals surface area contributed by atoms with Crippen molar-refractivity contribution >= 4 is 27.3 Å². The van der Waals surface area contributed by atoms with E-state index < -0.39 is 10.0 Å². The van der Waals surface area contributed by atoms with Crippen LogP contribution in [0.2, 0.25) is 5.02 Å². The van der Waals surface area contributed by atoms with Crippen LogP contribution in [0.25, 0.3) is 0 Å². The molecule has 0 aliphatic carbocycles. The fourth-order valence-electron chi connectivity index (χ4n) is 1.99. The molecule has 1 saturated heterocycles. The third-order valence-electron chi connectivity index (χ3n) is 3.45. The molecule has 1 aliphatic rings. The molecule has 1 atom stereocenters. The summed E-state index contributed by atoms with van der Waals surface area (Å²) in [7, 11) is -2.04. The topological polar surface area (TPSA) is 72.6 Å². The van der Waals surface area contributed by atoms with E-state index in [-0.39, 0.29) is 10.9 Å². The summed E-state index contributed by atoms with van der Waals surface area (Å²) in [6, 6.07) is 2.75. The van der Waals surface area contributed by atoms with Crippen LogP contribution in [0.5, 0.6) is 0 Å². The summed E-state index contributed by atoms with van der Waals surface area (Å²) in [5.74, 6) is 0. The third-order valence-corrected chi connectivity index (χ3v) is 5.74. The highest BCUT2D eigenvalue weighted by atomic mass is 35.5. The van der Waals surface area contributed by atoms with E-state index in [9.17, 15) is 8.42 Å². The second-order valence-corrected chi connectivity index (χ2v) is 7.06. The SMILES string of the molecule is Cc1c(N)cc(S(=O)(=O)N(C)C2CCOC2)cc1Cl. The molecule has 106 valence electrons. The zero-order chi connectivity index (χ0) is 14.2. The van der Waals surface area contributed by atoms with E-state index in [0.717, 1.165) is 0 Å². The minimum Gasteiger partial charge on any atom is -0.398 e. The molecule has 1 unspecified atom stereocenters. The predicted molar refractivity (Wildman–Crippen MR) is 74.8 cm³/mol. The standard InChI is InChI=1S/C12H17ClN2O3S/c1-8-11(13)5-10(6-12(8)14)19(16,17)15(2)9-3-4-18-7-9/h5-6,9H,3-4,7,14H2,1-2H3. The van der Waals surface area contributed by atoms with Gasteiger partial charge in [-0.3, -0.25) is 0 Å². The molecule has 1 aliphatic heterocycles. The Morgan fingerprint density at radius 2 is 2.16 bits per heavy atom. The summed E-state index contributed by atoms with van der Waals surface area (Å²) in [5.41, 5.74) is 6.84. The molecule has 7 heteroatoms. The Morgan fingerprint density at radius 3 is 2.68 bits per heavy atom. The number of likely N-dealkylation sites (N-methyl/N-ethyl adjacent to an activating group) is 1. The molecule has 19 heavy (non-hydrogen) atoms. The highest BCUT2D eigenvalue weighted by molar-refractivity contribution is 7.89. The van der Waals surface area contributed by atoms with Crippen LogP contribution in [0.3, 0.4) is 0 Å². The van der Waals surface area contributed by atoms with Crippen molar-refractivity contribution in [1.82, 2.24) is 4.31 Å². The monoisotopic (exact) mass is 304 g/mol. The van der Waals surface area contributed by atoms with Gasteiger partial charge in [0, 0.05) is 24.4 Å². The number of nitrogens with two attached hydrogens (primary N) is 1. The van der Waals surface area contributed by atoms with Crippen LogP contribution in [-0.2, 0) is 14.8 Å². The first-order valence-corrected chi connectivity index (χ1v) is 7.77. The number of sulfonamides is 1. The molecular weight excluding hydrogens is 288 g/mol. The van der Waals surface area contributed by atoms with Gasteiger partial charge in [0.05, 0.1) is 17.5 Å². The molecular formula is C12H17ClN2O3S. The maximum atomic E-state index is 12.5. The molecule has 2 N–H and O–H groups in total. The Bertz CT molecular complexity index is 560. The largest absolute Gasteiger partial charge is 0.398 e. The van der Waals surface area contributed by atoms with Crippen LogP contribution >= 0.6 is 11.6 Å². The zero-order valence-electron chi connectivity index (χ0n) is 10.9. The van der Waals surface area contributed by atoms with Crippen molar-refractivity contribution in [3.8, 4) is 0 Å². The van der Waals surface area contributed by atoms with Crippen molar-refractivity contribution in [3.05, 3.63) is 22.7 Å². The zero-order valence-corrected chi connectivity index (χ0v) is 12.5. The fraction of sp³-hybridized carbons (Fsp3) is 0.500. The van der Waals surface area contributed by atoms with Crippen LogP contribution < -0.4 is 5.73 Å². The van der Waals surface area contributed by atoms with Gasteiger partial charge in [0.1, 0.15) is 0 Å². The number of benzene rings is 1. The highest BCUT2D eigenvalue weighted by Gasteiger charge is 2.31. The van der Waals surface area contributed by atoms with E-state index in [0.29, 0.717) is 35.9 Å². The van der Waals surface area contributed by atoms with Gasteiger partial charge >= 0.3 is 0 Å². The molecule has 1 aromatic rings. The molecule has 2 rings (SSSR count). The summed E-state index contributed by atoms with van der Waals surface area (Å²) >= 11 is 6.00. The lowest BCUT2D eigenvalue weighted by atomic mass is 10.2. The number of rotatable bonds is 3. The first kappa shape index (κ1) is 14.6. The first-order valence-electron chi connectivity index (χ1n) is 5.95. The van der Waals surface area contributed by atoms with E-state index in [2.05, 4.69) is 0 Å². The lowest BCUT2D eigenvalue weighted by Gasteiger charge is -2.23.